The first-order valence-corrected chi connectivity index (χ1v) is 12.0. The van der Waals surface area contributed by atoms with E-state index < -0.39 is 0 Å². The second-order valence-electron chi connectivity index (χ2n) is 8.25. The number of hydrogen-bond acceptors (Lipinski definition) is 3. The van der Waals surface area contributed by atoms with Crippen LogP contribution in [0.2, 0.25) is 10.0 Å². The van der Waals surface area contributed by atoms with Gasteiger partial charge in [-0.25, -0.2) is 0 Å². The van der Waals surface area contributed by atoms with Gasteiger partial charge in [-0.1, -0.05) is 35.3 Å². The van der Waals surface area contributed by atoms with Gasteiger partial charge < -0.3 is 19.9 Å². The third kappa shape index (κ3) is 3.82. The van der Waals surface area contributed by atoms with Gasteiger partial charge in [0.15, 0.2) is 5.11 Å². The predicted molar refractivity (Wildman–Crippen MR) is 141 cm³/mol. The van der Waals surface area contributed by atoms with Crippen LogP contribution in [0.4, 0.5) is 5.69 Å². The van der Waals surface area contributed by atoms with Crippen molar-refractivity contribution < 1.29 is 5.11 Å². The maximum absolute atomic E-state index is 9.83. The number of thiocarbonyl (C=S) groups is 1. The summed E-state index contributed by atoms with van der Waals surface area (Å²) in [5.41, 5.74) is 5.74. The van der Waals surface area contributed by atoms with Gasteiger partial charge in [-0.2, -0.15) is 0 Å². The molecule has 0 aliphatic carbocycles. The third-order valence-corrected chi connectivity index (χ3v) is 7.31. The molecule has 2 aromatic carbocycles. The highest BCUT2D eigenvalue weighted by Crippen LogP contribution is 2.44. The van der Waals surface area contributed by atoms with Gasteiger partial charge in [-0.05, 0) is 86.2 Å². The average Bonchev–Trinajstić information content (AvgIpc) is 3.32. The van der Waals surface area contributed by atoms with Crippen LogP contribution in [0.25, 0.3) is 5.69 Å². The Bertz CT molecular complexity index is 1370. The van der Waals surface area contributed by atoms with Crippen LogP contribution in [0.1, 0.15) is 34.7 Å². The molecule has 0 radical (unpaired) electrons. The number of phenols is 1. The molecule has 5 rings (SSSR count). The lowest BCUT2D eigenvalue weighted by Gasteiger charge is -2.28. The maximum atomic E-state index is 9.83. The van der Waals surface area contributed by atoms with Crippen molar-refractivity contribution in [1.82, 2.24) is 14.9 Å². The molecule has 1 saturated heterocycles. The Morgan fingerprint density at radius 3 is 2.47 bits per heavy atom. The molecule has 34 heavy (non-hydrogen) atoms. The van der Waals surface area contributed by atoms with Crippen molar-refractivity contribution >= 4 is 46.2 Å². The number of pyridine rings is 1. The number of anilines is 1. The number of aryl methyl sites for hydroxylation is 1. The molecule has 172 valence electrons. The van der Waals surface area contributed by atoms with E-state index in [0.717, 1.165) is 34.0 Å². The second kappa shape index (κ2) is 8.95. The summed E-state index contributed by atoms with van der Waals surface area (Å²) in [5.74, 6) is 0.202. The molecular formula is C26H22Cl2N4OS. The van der Waals surface area contributed by atoms with E-state index in [0.29, 0.717) is 15.2 Å². The molecule has 0 saturated carbocycles. The average molecular weight is 509 g/mol. The van der Waals surface area contributed by atoms with Crippen LogP contribution in [0.15, 0.2) is 72.9 Å². The van der Waals surface area contributed by atoms with Gasteiger partial charge in [-0.3, -0.25) is 4.98 Å². The van der Waals surface area contributed by atoms with E-state index in [2.05, 4.69) is 39.7 Å². The Morgan fingerprint density at radius 2 is 1.76 bits per heavy atom. The van der Waals surface area contributed by atoms with Gasteiger partial charge in [0.2, 0.25) is 0 Å². The third-order valence-electron chi connectivity index (χ3n) is 6.19. The molecule has 2 N–H and O–H groups in total. The second-order valence-corrected chi connectivity index (χ2v) is 9.42. The molecular weight excluding hydrogens is 487 g/mol. The molecule has 1 aliphatic heterocycles. The largest absolute Gasteiger partial charge is 0.508 e. The van der Waals surface area contributed by atoms with E-state index in [9.17, 15) is 5.11 Å². The highest BCUT2D eigenvalue weighted by Gasteiger charge is 2.42. The van der Waals surface area contributed by atoms with Crippen molar-refractivity contribution in [3.63, 3.8) is 0 Å². The SMILES string of the molecule is Cc1cc([C@@H]2[C@H](c3ccccn3)NC(=S)N2c2ccc(O)cc2)c(C)n1-c1cccc(Cl)c1Cl. The molecule has 2 atom stereocenters. The molecule has 0 bridgehead atoms. The summed E-state index contributed by atoms with van der Waals surface area (Å²) in [7, 11) is 0. The molecule has 0 unspecified atom stereocenters. The van der Waals surface area contributed by atoms with Crippen LogP contribution < -0.4 is 10.2 Å². The van der Waals surface area contributed by atoms with Gasteiger partial charge in [0, 0.05) is 23.3 Å². The summed E-state index contributed by atoms with van der Waals surface area (Å²) in [4.78, 5) is 6.70. The highest BCUT2D eigenvalue weighted by molar-refractivity contribution is 7.80. The summed E-state index contributed by atoms with van der Waals surface area (Å²) >= 11 is 18.7. The number of hydrogen-bond donors (Lipinski definition) is 2. The fraction of sp³-hybridized carbons (Fsp3) is 0.154. The molecule has 3 heterocycles. The Kier molecular flexibility index (Phi) is 5.98. The summed E-state index contributed by atoms with van der Waals surface area (Å²) in [6.07, 6.45) is 1.79. The highest BCUT2D eigenvalue weighted by atomic mass is 35.5. The molecule has 1 fully saturated rings. The van der Waals surface area contributed by atoms with Crippen LogP contribution in [0, 0.1) is 13.8 Å². The normalized spacial score (nSPS) is 17.8. The first-order valence-electron chi connectivity index (χ1n) is 10.8. The summed E-state index contributed by atoms with van der Waals surface area (Å²) in [5, 5.41) is 14.9. The number of rotatable bonds is 4. The first-order chi connectivity index (χ1) is 16.4. The van der Waals surface area contributed by atoms with Crippen LogP contribution in [-0.4, -0.2) is 19.8 Å². The molecule has 5 nitrogen and oxygen atoms in total. The quantitative estimate of drug-likeness (QED) is 0.301. The topological polar surface area (TPSA) is 53.3 Å². The first kappa shape index (κ1) is 22.7. The number of benzene rings is 2. The maximum Gasteiger partial charge on any atom is 0.174 e. The van der Waals surface area contributed by atoms with E-state index in [-0.39, 0.29) is 17.8 Å². The standard InChI is InChI=1S/C26H22Cl2N4OS/c1-15-14-19(16(2)31(15)22-8-5-6-20(27)23(22)28)25-24(21-7-3-4-13-29-21)30-26(34)32(25)17-9-11-18(33)12-10-17/h3-14,24-25,33H,1-2H3,(H,30,34)/t24-,25+/m0/s1. The van der Waals surface area contributed by atoms with Crippen molar-refractivity contribution in [3.05, 3.63) is 106 Å². The lowest BCUT2D eigenvalue weighted by molar-refractivity contribution is 0.475. The van der Waals surface area contributed by atoms with Gasteiger partial charge in [0.05, 0.1) is 33.5 Å². The lowest BCUT2D eigenvalue weighted by atomic mass is 9.96. The van der Waals surface area contributed by atoms with Crippen molar-refractivity contribution in [2.24, 2.45) is 0 Å². The van der Waals surface area contributed by atoms with E-state index in [4.69, 9.17) is 35.4 Å². The Morgan fingerprint density at radius 1 is 1.00 bits per heavy atom. The van der Waals surface area contributed by atoms with Gasteiger partial charge in [0.25, 0.3) is 0 Å². The molecule has 0 amide bonds. The van der Waals surface area contributed by atoms with E-state index in [1.54, 1.807) is 24.4 Å². The zero-order valence-corrected chi connectivity index (χ0v) is 20.9. The van der Waals surface area contributed by atoms with Crippen LogP contribution in [-0.2, 0) is 0 Å². The monoisotopic (exact) mass is 508 g/mol. The van der Waals surface area contributed by atoms with Gasteiger partial charge in [-0.15, -0.1) is 0 Å². The fourth-order valence-corrected chi connectivity index (χ4v) is 5.41. The number of halogens is 2. The minimum atomic E-state index is -0.176. The molecule has 1 aliphatic rings. The number of phenolic OH excluding ortho intramolecular Hbond substituents is 1. The lowest BCUT2D eigenvalue weighted by Crippen LogP contribution is -2.29. The van der Waals surface area contributed by atoms with Gasteiger partial charge >= 0.3 is 0 Å². The van der Waals surface area contributed by atoms with Gasteiger partial charge in [0.1, 0.15) is 5.75 Å². The summed E-state index contributed by atoms with van der Waals surface area (Å²) < 4.78 is 2.12. The predicted octanol–water partition coefficient (Wildman–Crippen LogP) is 6.68. The number of aromatic nitrogens is 2. The van der Waals surface area contributed by atoms with E-state index in [1.807, 2.05) is 42.5 Å². The Balaban J connectivity index is 1.70. The number of nitrogens with one attached hydrogen (secondary N) is 1. The Hall–Kier alpha value is -3.06. The summed E-state index contributed by atoms with van der Waals surface area (Å²) in [6.45, 7) is 4.13. The zero-order chi connectivity index (χ0) is 24.0. The van der Waals surface area contributed by atoms with Crippen LogP contribution in [0.3, 0.4) is 0 Å². The molecule has 2 aromatic heterocycles. The summed E-state index contributed by atoms with van der Waals surface area (Å²) in [6, 6.07) is 20.4. The molecule has 8 heteroatoms. The molecule has 4 aromatic rings. The van der Waals surface area contributed by atoms with Crippen molar-refractivity contribution in [3.8, 4) is 11.4 Å². The molecule has 0 spiro atoms. The Labute approximate surface area is 213 Å². The van der Waals surface area contributed by atoms with Crippen LogP contribution in [0.5, 0.6) is 5.75 Å². The number of aromatic hydroxyl groups is 1. The van der Waals surface area contributed by atoms with Crippen molar-refractivity contribution in [1.29, 1.82) is 0 Å². The van der Waals surface area contributed by atoms with E-state index >= 15 is 0 Å². The number of nitrogens with zero attached hydrogens (tertiary/aromatic N) is 3. The smallest absolute Gasteiger partial charge is 0.174 e. The van der Waals surface area contributed by atoms with Crippen LogP contribution >= 0.6 is 35.4 Å². The van der Waals surface area contributed by atoms with E-state index in [1.165, 1.54) is 0 Å². The van der Waals surface area contributed by atoms with Crippen molar-refractivity contribution in [2.75, 3.05) is 4.90 Å². The fourth-order valence-electron chi connectivity index (χ4n) is 4.69. The van der Waals surface area contributed by atoms with Crippen molar-refractivity contribution in [2.45, 2.75) is 25.9 Å². The minimum absolute atomic E-state index is 0.175. The minimum Gasteiger partial charge on any atom is -0.508 e. The zero-order valence-electron chi connectivity index (χ0n) is 18.5.